The van der Waals surface area contributed by atoms with Gasteiger partial charge in [-0.1, -0.05) is 15.9 Å². The van der Waals surface area contributed by atoms with Crippen molar-refractivity contribution in [1.82, 2.24) is 9.69 Å². The number of halogens is 4. The lowest BCUT2D eigenvalue weighted by Crippen LogP contribution is -2.27. The lowest BCUT2D eigenvalue weighted by Gasteiger charge is -2.11. The van der Waals surface area contributed by atoms with Crippen molar-refractivity contribution < 1.29 is 18.0 Å². The van der Waals surface area contributed by atoms with Crippen LogP contribution in [0.15, 0.2) is 27.5 Å². The van der Waals surface area contributed by atoms with Crippen LogP contribution in [-0.4, -0.2) is 17.5 Å². The van der Waals surface area contributed by atoms with E-state index in [0.717, 1.165) is 23.7 Å². The Balaban J connectivity index is 2.35. The van der Waals surface area contributed by atoms with E-state index < -0.39 is 23.3 Å². The third kappa shape index (κ3) is 4.26. The van der Waals surface area contributed by atoms with E-state index >= 15 is 0 Å². The summed E-state index contributed by atoms with van der Waals surface area (Å²) < 4.78 is 41.1. The van der Waals surface area contributed by atoms with E-state index in [0.29, 0.717) is 0 Å². The van der Waals surface area contributed by atoms with E-state index in [9.17, 15) is 22.8 Å². The maximum Gasteiger partial charge on any atom is 0.416 e. The van der Waals surface area contributed by atoms with Gasteiger partial charge in [0.2, 0.25) is 0 Å². The lowest BCUT2D eigenvalue weighted by atomic mass is 10.2. The van der Waals surface area contributed by atoms with Crippen LogP contribution in [0.3, 0.4) is 0 Å². The Labute approximate surface area is 140 Å². The summed E-state index contributed by atoms with van der Waals surface area (Å²) in [6.45, 7) is 0. The van der Waals surface area contributed by atoms with Gasteiger partial charge in [-0.3, -0.25) is 9.17 Å². The summed E-state index contributed by atoms with van der Waals surface area (Å²) in [4.78, 5) is 23.0. The Morgan fingerprint density at radius 2 is 2.00 bits per heavy atom. The highest BCUT2D eigenvalue weighted by Crippen LogP contribution is 2.35. The van der Waals surface area contributed by atoms with Crippen molar-refractivity contribution in [2.75, 3.05) is 17.7 Å². The van der Waals surface area contributed by atoms with Crippen LogP contribution < -0.4 is 21.5 Å². The van der Waals surface area contributed by atoms with Gasteiger partial charge in [0.05, 0.1) is 5.56 Å². The zero-order chi connectivity index (χ0) is 17.2. The van der Waals surface area contributed by atoms with Crippen LogP contribution in [-0.2, 0) is 6.18 Å². The number of hydrogen-bond donors (Lipinski definition) is 4. The minimum absolute atomic E-state index is 0.0807. The predicted molar refractivity (Wildman–Crippen MR) is 85.4 cm³/mol. The topological polar surface area (TPSA) is 86.0 Å². The number of amides is 2. The van der Waals surface area contributed by atoms with Crippen molar-refractivity contribution in [3.8, 4) is 0 Å². The molecule has 23 heavy (non-hydrogen) atoms. The maximum atomic E-state index is 12.8. The second kappa shape index (κ2) is 6.62. The van der Waals surface area contributed by atoms with Gasteiger partial charge in [0, 0.05) is 17.2 Å². The molecule has 0 spiro atoms. The fourth-order valence-corrected chi connectivity index (χ4v) is 2.84. The number of H-pyrrole nitrogens is 1. The molecule has 2 rings (SSSR count). The van der Waals surface area contributed by atoms with Crippen LogP contribution in [0.2, 0.25) is 0 Å². The number of anilines is 3. The molecule has 11 heteroatoms. The fourth-order valence-electron chi connectivity index (χ4n) is 1.64. The SMILES string of the molecule is CNC(=O)Nc1c(Nc2cc(Br)cc(C(F)(F)F)c2)s[nH]c1=O. The molecular weight excluding hydrogens is 401 g/mol. The Morgan fingerprint density at radius 3 is 2.61 bits per heavy atom. The zero-order valence-corrected chi connectivity index (χ0v) is 13.9. The van der Waals surface area contributed by atoms with Crippen LogP contribution >= 0.6 is 27.5 Å². The number of benzene rings is 1. The molecule has 2 amide bonds. The number of carbonyl (C=O) groups excluding carboxylic acids is 1. The third-order valence-corrected chi connectivity index (χ3v) is 3.90. The number of carbonyl (C=O) groups is 1. The molecule has 0 aliphatic heterocycles. The van der Waals surface area contributed by atoms with Gasteiger partial charge in [-0.15, -0.1) is 0 Å². The minimum atomic E-state index is -4.51. The number of aromatic amines is 1. The van der Waals surface area contributed by atoms with E-state index in [-0.39, 0.29) is 20.8 Å². The van der Waals surface area contributed by atoms with Gasteiger partial charge in [0.1, 0.15) is 10.7 Å². The summed E-state index contributed by atoms with van der Waals surface area (Å²) in [5, 5.41) is 7.46. The number of rotatable bonds is 3. The van der Waals surface area contributed by atoms with Gasteiger partial charge in [0.25, 0.3) is 5.56 Å². The molecule has 1 aromatic carbocycles. The fraction of sp³-hybridized carbons (Fsp3) is 0.167. The van der Waals surface area contributed by atoms with Gasteiger partial charge >= 0.3 is 12.2 Å². The van der Waals surface area contributed by atoms with E-state index in [1.165, 1.54) is 13.1 Å². The van der Waals surface area contributed by atoms with Crippen LogP contribution in [0.25, 0.3) is 0 Å². The maximum absolute atomic E-state index is 12.8. The molecule has 0 aliphatic rings. The smallest absolute Gasteiger partial charge is 0.344 e. The average molecular weight is 411 g/mol. The van der Waals surface area contributed by atoms with E-state index in [4.69, 9.17) is 0 Å². The molecule has 0 bridgehead atoms. The molecule has 4 N–H and O–H groups in total. The molecule has 0 fully saturated rings. The highest BCUT2D eigenvalue weighted by atomic mass is 79.9. The number of aromatic nitrogens is 1. The predicted octanol–water partition coefficient (Wildman–Crippen LogP) is 3.71. The van der Waals surface area contributed by atoms with Crippen molar-refractivity contribution in [2.45, 2.75) is 6.18 Å². The molecule has 0 saturated carbocycles. The molecule has 0 atom stereocenters. The highest BCUT2D eigenvalue weighted by molar-refractivity contribution is 9.10. The van der Waals surface area contributed by atoms with E-state index in [1.54, 1.807) is 0 Å². The van der Waals surface area contributed by atoms with Crippen molar-refractivity contribution in [3.63, 3.8) is 0 Å². The Bertz CT molecular complexity index is 787. The first-order valence-corrected chi connectivity index (χ1v) is 7.66. The third-order valence-electron chi connectivity index (χ3n) is 2.65. The number of nitrogens with one attached hydrogen (secondary N) is 4. The molecule has 124 valence electrons. The summed E-state index contributed by atoms with van der Waals surface area (Å²) in [5.41, 5.74) is -1.38. The summed E-state index contributed by atoms with van der Waals surface area (Å²) in [5.74, 6) is 0. The summed E-state index contributed by atoms with van der Waals surface area (Å²) in [6, 6.07) is 2.64. The number of urea groups is 1. The second-order valence-electron chi connectivity index (χ2n) is 4.29. The van der Waals surface area contributed by atoms with Crippen molar-refractivity contribution in [1.29, 1.82) is 0 Å². The highest BCUT2D eigenvalue weighted by Gasteiger charge is 2.31. The molecule has 0 saturated heterocycles. The lowest BCUT2D eigenvalue weighted by molar-refractivity contribution is -0.137. The molecule has 2 aromatic rings. The van der Waals surface area contributed by atoms with E-state index in [2.05, 4.69) is 36.3 Å². The molecular formula is C12H10BrF3N4O2S. The van der Waals surface area contributed by atoms with Gasteiger partial charge in [-0.25, -0.2) is 4.79 Å². The number of hydrogen-bond acceptors (Lipinski definition) is 4. The van der Waals surface area contributed by atoms with Crippen molar-refractivity contribution >= 4 is 49.9 Å². The van der Waals surface area contributed by atoms with Crippen molar-refractivity contribution in [2.24, 2.45) is 0 Å². The first-order valence-electron chi connectivity index (χ1n) is 6.05. The second-order valence-corrected chi connectivity index (χ2v) is 6.03. The summed E-state index contributed by atoms with van der Waals surface area (Å²) >= 11 is 3.86. The van der Waals surface area contributed by atoms with Crippen LogP contribution in [0.4, 0.5) is 34.3 Å². The number of alkyl halides is 3. The quantitative estimate of drug-likeness (QED) is 0.621. The zero-order valence-electron chi connectivity index (χ0n) is 11.5. The van der Waals surface area contributed by atoms with Gasteiger partial charge < -0.3 is 16.0 Å². The monoisotopic (exact) mass is 410 g/mol. The summed E-state index contributed by atoms with van der Waals surface area (Å²) in [6.07, 6.45) is -4.51. The summed E-state index contributed by atoms with van der Waals surface area (Å²) in [7, 11) is 1.37. The van der Waals surface area contributed by atoms with Crippen molar-refractivity contribution in [3.05, 3.63) is 38.6 Å². The van der Waals surface area contributed by atoms with Gasteiger partial charge in [-0.05, 0) is 29.7 Å². The molecule has 0 radical (unpaired) electrons. The molecule has 1 heterocycles. The van der Waals surface area contributed by atoms with Crippen LogP contribution in [0, 0.1) is 0 Å². The standard InChI is InChI=1S/C12H10BrF3N4O2S/c1-17-11(22)19-8-9(21)20-23-10(8)18-7-3-5(12(14,15)16)2-6(13)4-7/h2-4,18H,1H3,(H,20,21)(H2,17,19,22). The average Bonchev–Trinajstić information content (AvgIpc) is 2.78. The largest absolute Gasteiger partial charge is 0.416 e. The normalized spacial score (nSPS) is 11.2. The Morgan fingerprint density at radius 1 is 1.30 bits per heavy atom. The molecule has 0 aliphatic carbocycles. The Kier molecular flexibility index (Phi) is 5.00. The first kappa shape index (κ1) is 17.3. The van der Waals surface area contributed by atoms with E-state index in [1.807, 2.05) is 0 Å². The minimum Gasteiger partial charge on any atom is -0.344 e. The molecule has 1 aromatic heterocycles. The Hall–Kier alpha value is -2.01. The van der Waals surface area contributed by atoms with Crippen LogP contribution in [0.5, 0.6) is 0 Å². The molecule has 6 nitrogen and oxygen atoms in total. The molecule has 0 unspecified atom stereocenters. The van der Waals surface area contributed by atoms with Crippen LogP contribution in [0.1, 0.15) is 5.56 Å². The van der Waals surface area contributed by atoms with Gasteiger partial charge in [0.15, 0.2) is 0 Å². The van der Waals surface area contributed by atoms with Gasteiger partial charge in [-0.2, -0.15) is 13.2 Å². The first-order chi connectivity index (χ1) is 10.7.